The number of nitrogens with zero attached hydrogens (tertiary/aromatic N) is 1. The van der Waals surface area contributed by atoms with Crippen LogP contribution >= 0.6 is 0 Å². The molecule has 0 atom stereocenters. The van der Waals surface area contributed by atoms with E-state index in [4.69, 9.17) is 9.84 Å². The van der Waals surface area contributed by atoms with Gasteiger partial charge in [0.15, 0.2) is 0 Å². The summed E-state index contributed by atoms with van der Waals surface area (Å²) < 4.78 is 31.0. The molecule has 0 aromatic heterocycles. The monoisotopic (exact) mass is 378 g/mol. The second-order valence-electron chi connectivity index (χ2n) is 5.71. The van der Waals surface area contributed by atoms with Gasteiger partial charge in [-0.2, -0.15) is 0 Å². The Balaban J connectivity index is 2.31. The summed E-state index contributed by atoms with van der Waals surface area (Å²) in [6.07, 6.45) is 0. The van der Waals surface area contributed by atoms with Crippen molar-refractivity contribution in [3.8, 4) is 0 Å². The summed E-state index contributed by atoms with van der Waals surface area (Å²) in [4.78, 5) is 12.5. The molecule has 2 aromatic rings. The number of sulfonamides is 1. The van der Waals surface area contributed by atoms with Crippen molar-refractivity contribution in [2.75, 3.05) is 32.6 Å². The molecule has 0 aliphatic heterocycles. The zero-order valence-electron chi connectivity index (χ0n) is 14.7. The molecule has 2 aromatic carbocycles. The van der Waals surface area contributed by atoms with Crippen LogP contribution in [-0.4, -0.2) is 51.0 Å². The Kier molecular flexibility index (Phi) is 6.73. The minimum atomic E-state index is -3.69. The van der Waals surface area contributed by atoms with Crippen LogP contribution < -0.4 is 5.32 Å². The lowest BCUT2D eigenvalue weighted by molar-refractivity contribution is 0.0473. The molecule has 0 bridgehead atoms. The third-order valence-electron chi connectivity index (χ3n) is 3.63. The zero-order valence-corrected chi connectivity index (χ0v) is 15.5. The van der Waals surface area contributed by atoms with E-state index in [0.717, 1.165) is 9.87 Å². The number of nitrogens with one attached hydrogen (secondary N) is 1. The van der Waals surface area contributed by atoms with Gasteiger partial charge in [-0.1, -0.05) is 30.3 Å². The van der Waals surface area contributed by atoms with Crippen LogP contribution in [0.5, 0.6) is 0 Å². The molecule has 0 saturated heterocycles. The Labute approximate surface area is 153 Å². The molecule has 0 fully saturated rings. The van der Waals surface area contributed by atoms with Crippen LogP contribution in [0.3, 0.4) is 0 Å². The third-order valence-corrected chi connectivity index (χ3v) is 5.44. The molecular formula is C18H22N2O5S. The fourth-order valence-electron chi connectivity index (χ4n) is 2.21. The maximum Gasteiger partial charge on any atom is 0.340 e. The summed E-state index contributed by atoms with van der Waals surface area (Å²) in [5.41, 5.74) is 1.31. The van der Waals surface area contributed by atoms with Crippen LogP contribution in [0.1, 0.15) is 15.9 Å². The molecule has 140 valence electrons. The van der Waals surface area contributed by atoms with Gasteiger partial charge in [-0.25, -0.2) is 17.5 Å². The van der Waals surface area contributed by atoms with Gasteiger partial charge < -0.3 is 15.2 Å². The predicted octanol–water partition coefficient (Wildman–Crippen LogP) is 1.70. The smallest absolute Gasteiger partial charge is 0.340 e. The molecule has 0 aliphatic rings. The fourth-order valence-corrected chi connectivity index (χ4v) is 3.14. The molecular weight excluding hydrogens is 356 g/mol. The van der Waals surface area contributed by atoms with Gasteiger partial charge >= 0.3 is 5.97 Å². The highest BCUT2D eigenvalue weighted by atomic mass is 32.2. The molecule has 2 N–H and O–H groups in total. The number of rotatable bonds is 8. The molecule has 7 nitrogen and oxygen atoms in total. The molecule has 26 heavy (non-hydrogen) atoms. The highest BCUT2D eigenvalue weighted by Gasteiger charge is 2.22. The molecule has 0 saturated carbocycles. The van der Waals surface area contributed by atoms with Crippen LogP contribution in [-0.2, 0) is 21.4 Å². The summed E-state index contributed by atoms with van der Waals surface area (Å²) >= 11 is 0. The number of hydrogen-bond donors (Lipinski definition) is 2. The highest BCUT2D eigenvalue weighted by molar-refractivity contribution is 7.89. The first-order valence-corrected chi connectivity index (χ1v) is 9.42. The summed E-state index contributed by atoms with van der Waals surface area (Å²) in [6.45, 7) is 0.165. The van der Waals surface area contributed by atoms with Crippen molar-refractivity contribution in [1.82, 2.24) is 4.31 Å². The first-order chi connectivity index (χ1) is 12.4. The number of benzene rings is 2. The molecule has 2 rings (SSSR count). The standard InChI is InChI=1S/C18H22N2O5S/c1-20(2)26(23,24)15-8-9-17(19-10-11-21)16(12-15)18(22)25-13-14-6-4-3-5-7-14/h3-9,12,19,21H,10-11,13H2,1-2H3. The van der Waals surface area contributed by atoms with Crippen molar-refractivity contribution in [3.05, 3.63) is 59.7 Å². The quantitative estimate of drug-likeness (QED) is 0.679. The number of anilines is 1. The van der Waals surface area contributed by atoms with E-state index in [-0.39, 0.29) is 30.2 Å². The van der Waals surface area contributed by atoms with Crippen molar-refractivity contribution >= 4 is 21.7 Å². The Morgan fingerprint density at radius 2 is 1.85 bits per heavy atom. The largest absolute Gasteiger partial charge is 0.457 e. The van der Waals surface area contributed by atoms with Crippen LogP contribution in [0.4, 0.5) is 5.69 Å². The van der Waals surface area contributed by atoms with Crippen molar-refractivity contribution in [2.45, 2.75) is 11.5 Å². The maximum atomic E-state index is 12.5. The van der Waals surface area contributed by atoms with Gasteiger partial charge in [0.05, 0.1) is 17.1 Å². The zero-order chi connectivity index (χ0) is 19.2. The molecule has 0 unspecified atom stereocenters. The summed E-state index contributed by atoms with van der Waals surface area (Å²) in [5.74, 6) is -0.648. The Morgan fingerprint density at radius 1 is 1.15 bits per heavy atom. The third kappa shape index (κ3) is 4.81. The number of esters is 1. The SMILES string of the molecule is CN(C)S(=O)(=O)c1ccc(NCCO)c(C(=O)OCc2ccccc2)c1. The lowest BCUT2D eigenvalue weighted by Gasteiger charge is -2.15. The summed E-state index contributed by atoms with van der Waals surface area (Å²) in [7, 11) is -0.854. The number of aliphatic hydroxyl groups excluding tert-OH is 1. The predicted molar refractivity (Wildman–Crippen MR) is 98.5 cm³/mol. The van der Waals surface area contributed by atoms with E-state index in [1.807, 2.05) is 30.3 Å². The number of carbonyl (C=O) groups is 1. The second kappa shape index (κ2) is 8.79. The van der Waals surface area contributed by atoms with E-state index in [0.29, 0.717) is 5.69 Å². The van der Waals surface area contributed by atoms with Gasteiger partial charge in [-0.05, 0) is 23.8 Å². The van der Waals surface area contributed by atoms with Crippen LogP contribution in [0.25, 0.3) is 0 Å². The molecule has 0 spiro atoms. The second-order valence-corrected chi connectivity index (χ2v) is 7.86. The number of carbonyl (C=O) groups excluding carboxylic acids is 1. The van der Waals surface area contributed by atoms with E-state index in [1.54, 1.807) is 0 Å². The summed E-state index contributed by atoms with van der Waals surface area (Å²) in [5, 5.41) is 11.9. The lowest BCUT2D eigenvalue weighted by atomic mass is 10.1. The van der Waals surface area contributed by atoms with Crippen LogP contribution in [0.2, 0.25) is 0 Å². The molecule has 0 amide bonds. The van der Waals surface area contributed by atoms with E-state index in [1.165, 1.54) is 32.3 Å². The van der Waals surface area contributed by atoms with Gasteiger partial charge in [0.25, 0.3) is 0 Å². The van der Waals surface area contributed by atoms with Crippen LogP contribution in [0, 0.1) is 0 Å². The molecule has 0 radical (unpaired) electrons. The van der Waals surface area contributed by atoms with Crippen molar-refractivity contribution in [2.24, 2.45) is 0 Å². The first-order valence-electron chi connectivity index (χ1n) is 7.98. The van der Waals surface area contributed by atoms with Gasteiger partial charge in [0.1, 0.15) is 6.61 Å². The van der Waals surface area contributed by atoms with Crippen LogP contribution in [0.15, 0.2) is 53.4 Å². The van der Waals surface area contributed by atoms with Crippen molar-refractivity contribution in [1.29, 1.82) is 0 Å². The van der Waals surface area contributed by atoms with Gasteiger partial charge in [0.2, 0.25) is 10.0 Å². The van der Waals surface area contributed by atoms with E-state index in [9.17, 15) is 13.2 Å². The fraction of sp³-hybridized carbons (Fsp3) is 0.278. The van der Waals surface area contributed by atoms with Gasteiger partial charge in [-0.15, -0.1) is 0 Å². The van der Waals surface area contributed by atoms with E-state index < -0.39 is 16.0 Å². The molecule has 0 heterocycles. The highest BCUT2D eigenvalue weighted by Crippen LogP contribution is 2.23. The van der Waals surface area contributed by atoms with E-state index in [2.05, 4.69) is 5.32 Å². The average molecular weight is 378 g/mol. The average Bonchev–Trinajstić information content (AvgIpc) is 2.65. The first kappa shape index (κ1) is 19.9. The van der Waals surface area contributed by atoms with Gasteiger partial charge in [0, 0.05) is 26.3 Å². The normalized spacial score (nSPS) is 11.4. The number of aliphatic hydroxyl groups is 1. The Morgan fingerprint density at radius 3 is 2.46 bits per heavy atom. The minimum absolute atomic E-state index is 0.0105. The van der Waals surface area contributed by atoms with E-state index >= 15 is 0 Å². The number of hydrogen-bond acceptors (Lipinski definition) is 6. The topological polar surface area (TPSA) is 95.9 Å². The van der Waals surface area contributed by atoms with Crippen molar-refractivity contribution < 1.29 is 23.1 Å². The lowest BCUT2D eigenvalue weighted by Crippen LogP contribution is -2.23. The Hall–Kier alpha value is -2.42. The van der Waals surface area contributed by atoms with Gasteiger partial charge in [-0.3, -0.25) is 0 Å². The summed E-state index contributed by atoms with van der Waals surface area (Å²) in [6, 6.07) is 13.4. The maximum absolute atomic E-state index is 12.5. The Bertz CT molecular complexity index is 851. The number of ether oxygens (including phenoxy) is 1. The molecule has 0 aliphatic carbocycles. The van der Waals surface area contributed by atoms with Crippen molar-refractivity contribution in [3.63, 3.8) is 0 Å². The minimum Gasteiger partial charge on any atom is -0.457 e. The molecule has 8 heteroatoms.